The van der Waals surface area contributed by atoms with Gasteiger partial charge in [0.05, 0.1) is 12.7 Å². The topological polar surface area (TPSA) is 42.2 Å². The van der Waals surface area contributed by atoms with Gasteiger partial charge in [0.2, 0.25) is 0 Å². The first-order valence-electron chi connectivity index (χ1n) is 5.25. The summed E-state index contributed by atoms with van der Waals surface area (Å²) in [7, 11) is 1.54. The summed E-state index contributed by atoms with van der Waals surface area (Å²) in [6.07, 6.45) is 0. The van der Waals surface area contributed by atoms with E-state index in [9.17, 15) is 0 Å². The van der Waals surface area contributed by atoms with Crippen molar-refractivity contribution >= 4 is 11.6 Å². The van der Waals surface area contributed by atoms with Crippen LogP contribution in [-0.4, -0.2) is 7.11 Å². The van der Waals surface area contributed by atoms with Crippen LogP contribution in [-0.2, 0) is 0 Å². The number of nitriles is 1. The van der Waals surface area contributed by atoms with E-state index in [1.165, 1.54) is 7.11 Å². The number of halogens is 1. The van der Waals surface area contributed by atoms with E-state index in [0.29, 0.717) is 27.8 Å². The van der Waals surface area contributed by atoms with E-state index in [2.05, 4.69) is 6.07 Å². The van der Waals surface area contributed by atoms with E-state index in [0.717, 1.165) is 0 Å². The third-order valence-electron chi connectivity index (χ3n) is 2.35. The minimum absolute atomic E-state index is 0.467. The minimum atomic E-state index is 0.467. The minimum Gasteiger partial charge on any atom is -0.493 e. The Bertz CT molecular complexity index is 605. The van der Waals surface area contributed by atoms with Crippen molar-refractivity contribution in [3.8, 4) is 23.3 Å². The molecule has 0 saturated carbocycles. The third kappa shape index (κ3) is 2.55. The zero-order valence-electron chi connectivity index (χ0n) is 9.68. The van der Waals surface area contributed by atoms with Gasteiger partial charge in [-0.2, -0.15) is 5.26 Å². The third-order valence-corrected chi connectivity index (χ3v) is 2.59. The average Bonchev–Trinajstić information content (AvgIpc) is 2.41. The average molecular weight is 260 g/mol. The van der Waals surface area contributed by atoms with Gasteiger partial charge in [0, 0.05) is 11.1 Å². The van der Waals surface area contributed by atoms with Crippen LogP contribution in [0.1, 0.15) is 5.56 Å². The van der Waals surface area contributed by atoms with Gasteiger partial charge in [-0.15, -0.1) is 0 Å². The van der Waals surface area contributed by atoms with E-state index >= 15 is 0 Å². The number of rotatable bonds is 3. The van der Waals surface area contributed by atoms with Crippen LogP contribution in [0.4, 0.5) is 0 Å². The van der Waals surface area contributed by atoms with Crippen molar-refractivity contribution in [2.24, 2.45) is 0 Å². The molecule has 4 heteroatoms. The van der Waals surface area contributed by atoms with Crippen LogP contribution in [0.25, 0.3) is 0 Å². The second-order valence-electron chi connectivity index (χ2n) is 3.51. The normalized spacial score (nSPS) is 9.61. The lowest BCUT2D eigenvalue weighted by atomic mass is 10.2. The van der Waals surface area contributed by atoms with Crippen LogP contribution in [0.3, 0.4) is 0 Å². The first-order valence-corrected chi connectivity index (χ1v) is 5.63. The summed E-state index contributed by atoms with van der Waals surface area (Å²) >= 11 is 5.87. The Labute approximate surface area is 110 Å². The molecule has 0 spiro atoms. The predicted molar refractivity (Wildman–Crippen MR) is 69.2 cm³/mol. The molecule has 0 fully saturated rings. The molecule has 0 heterocycles. The van der Waals surface area contributed by atoms with E-state index < -0.39 is 0 Å². The molecular formula is C14H10ClNO2. The number of hydrogen-bond donors (Lipinski definition) is 0. The monoisotopic (exact) mass is 259 g/mol. The van der Waals surface area contributed by atoms with Crippen LogP contribution >= 0.6 is 11.6 Å². The van der Waals surface area contributed by atoms with Crippen molar-refractivity contribution in [3.05, 3.63) is 53.1 Å². The highest BCUT2D eigenvalue weighted by Gasteiger charge is 2.08. The molecule has 0 unspecified atom stereocenters. The van der Waals surface area contributed by atoms with E-state index in [-0.39, 0.29) is 0 Å². The molecule has 90 valence electrons. The molecule has 0 aliphatic heterocycles. The Morgan fingerprint density at radius 3 is 2.56 bits per heavy atom. The fourth-order valence-corrected chi connectivity index (χ4v) is 1.65. The van der Waals surface area contributed by atoms with Gasteiger partial charge in [-0.25, -0.2) is 0 Å². The van der Waals surface area contributed by atoms with Gasteiger partial charge in [-0.05, 0) is 24.3 Å². The molecule has 2 rings (SSSR count). The summed E-state index contributed by atoms with van der Waals surface area (Å²) < 4.78 is 10.9. The van der Waals surface area contributed by atoms with Crippen molar-refractivity contribution in [2.75, 3.05) is 7.11 Å². The lowest BCUT2D eigenvalue weighted by Gasteiger charge is -2.11. The van der Waals surface area contributed by atoms with Crippen molar-refractivity contribution in [2.45, 2.75) is 0 Å². The van der Waals surface area contributed by atoms with Gasteiger partial charge in [0.1, 0.15) is 11.8 Å². The van der Waals surface area contributed by atoms with Crippen molar-refractivity contribution in [1.29, 1.82) is 5.26 Å². The SMILES string of the molecule is COc1cc(Cl)ccc1Oc1ccccc1C#N. The Morgan fingerprint density at radius 1 is 1.06 bits per heavy atom. The number of hydrogen-bond acceptors (Lipinski definition) is 3. The highest BCUT2D eigenvalue weighted by molar-refractivity contribution is 6.30. The van der Waals surface area contributed by atoms with Gasteiger partial charge in [-0.1, -0.05) is 23.7 Å². The Kier molecular flexibility index (Phi) is 3.71. The van der Waals surface area contributed by atoms with Gasteiger partial charge < -0.3 is 9.47 Å². The number of ether oxygens (including phenoxy) is 2. The number of benzene rings is 2. The van der Waals surface area contributed by atoms with E-state index in [1.807, 2.05) is 0 Å². The zero-order chi connectivity index (χ0) is 13.0. The first kappa shape index (κ1) is 12.3. The van der Waals surface area contributed by atoms with Crippen LogP contribution in [0.15, 0.2) is 42.5 Å². The van der Waals surface area contributed by atoms with Gasteiger partial charge >= 0.3 is 0 Å². The fraction of sp³-hybridized carbons (Fsp3) is 0.0714. The van der Waals surface area contributed by atoms with Crippen LogP contribution < -0.4 is 9.47 Å². The molecule has 0 radical (unpaired) electrons. The van der Waals surface area contributed by atoms with Gasteiger partial charge in [0.25, 0.3) is 0 Å². The van der Waals surface area contributed by atoms with Crippen LogP contribution in [0.2, 0.25) is 5.02 Å². The molecule has 0 bridgehead atoms. The zero-order valence-corrected chi connectivity index (χ0v) is 10.4. The number of para-hydroxylation sites is 1. The maximum Gasteiger partial charge on any atom is 0.169 e. The molecule has 3 nitrogen and oxygen atoms in total. The molecule has 0 amide bonds. The van der Waals surface area contributed by atoms with E-state index in [1.54, 1.807) is 42.5 Å². The highest BCUT2D eigenvalue weighted by Crippen LogP contribution is 2.34. The van der Waals surface area contributed by atoms with Crippen molar-refractivity contribution in [3.63, 3.8) is 0 Å². The second kappa shape index (κ2) is 5.44. The summed E-state index contributed by atoms with van der Waals surface area (Å²) in [6, 6.07) is 14.1. The number of methoxy groups -OCH3 is 1. The lowest BCUT2D eigenvalue weighted by Crippen LogP contribution is -1.92. The molecule has 0 aliphatic carbocycles. The molecule has 18 heavy (non-hydrogen) atoms. The predicted octanol–water partition coefficient (Wildman–Crippen LogP) is 4.01. The number of nitrogens with zero attached hydrogens (tertiary/aromatic N) is 1. The van der Waals surface area contributed by atoms with Gasteiger partial charge in [-0.3, -0.25) is 0 Å². The van der Waals surface area contributed by atoms with Crippen molar-refractivity contribution in [1.82, 2.24) is 0 Å². The smallest absolute Gasteiger partial charge is 0.169 e. The lowest BCUT2D eigenvalue weighted by molar-refractivity contribution is 0.378. The first-order chi connectivity index (χ1) is 8.74. The maximum absolute atomic E-state index is 8.98. The molecule has 0 saturated heterocycles. The molecule has 0 atom stereocenters. The Morgan fingerprint density at radius 2 is 1.83 bits per heavy atom. The summed E-state index contributed by atoms with van der Waals surface area (Å²) in [5, 5.41) is 9.55. The van der Waals surface area contributed by atoms with Gasteiger partial charge in [0.15, 0.2) is 11.5 Å². The Balaban J connectivity index is 2.37. The summed E-state index contributed by atoms with van der Waals surface area (Å²) in [5.74, 6) is 1.53. The van der Waals surface area contributed by atoms with Crippen molar-refractivity contribution < 1.29 is 9.47 Å². The molecule has 0 N–H and O–H groups in total. The second-order valence-corrected chi connectivity index (χ2v) is 3.94. The highest BCUT2D eigenvalue weighted by atomic mass is 35.5. The standard InChI is InChI=1S/C14H10ClNO2/c1-17-14-8-11(15)6-7-13(14)18-12-5-3-2-4-10(12)9-16/h2-8H,1H3. The summed E-state index contributed by atoms with van der Waals surface area (Å²) in [5.41, 5.74) is 0.467. The largest absolute Gasteiger partial charge is 0.493 e. The molecule has 2 aromatic rings. The molecular weight excluding hydrogens is 250 g/mol. The molecule has 0 aromatic heterocycles. The van der Waals surface area contributed by atoms with Crippen LogP contribution in [0.5, 0.6) is 17.2 Å². The quantitative estimate of drug-likeness (QED) is 0.836. The Hall–Kier alpha value is -2.18. The molecule has 2 aromatic carbocycles. The summed E-state index contributed by atoms with van der Waals surface area (Å²) in [4.78, 5) is 0. The maximum atomic E-state index is 8.98. The molecule has 0 aliphatic rings. The van der Waals surface area contributed by atoms with E-state index in [4.69, 9.17) is 26.3 Å². The van der Waals surface area contributed by atoms with Crippen LogP contribution in [0, 0.1) is 11.3 Å². The summed E-state index contributed by atoms with van der Waals surface area (Å²) in [6.45, 7) is 0. The fourth-order valence-electron chi connectivity index (χ4n) is 1.49.